The lowest BCUT2D eigenvalue weighted by Crippen LogP contribution is -2.63. The van der Waals surface area contributed by atoms with Gasteiger partial charge in [-0.05, 0) is 31.3 Å². The van der Waals surface area contributed by atoms with Crippen LogP contribution in [0.5, 0.6) is 0 Å². The van der Waals surface area contributed by atoms with Crippen molar-refractivity contribution in [1.82, 2.24) is 10.2 Å². The molecule has 0 spiro atoms. The van der Waals surface area contributed by atoms with Gasteiger partial charge in [0.2, 0.25) is 9.04 Å². The zero-order chi connectivity index (χ0) is 21.1. The second-order valence-electron chi connectivity index (χ2n) is 8.11. The Bertz CT molecular complexity index is 751. The number of rotatable bonds is 7. The van der Waals surface area contributed by atoms with E-state index >= 15 is 0 Å². The second-order valence-corrected chi connectivity index (χ2v) is 11.7. The number of ether oxygens (including phenoxy) is 1. The quantitative estimate of drug-likeness (QED) is 0.488. The third-order valence-corrected chi connectivity index (χ3v) is 6.89. The van der Waals surface area contributed by atoms with Crippen LogP contribution in [-0.4, -0.2) is 45.8 Å². The summed E-state index contributed by atoms with van der Waals surface area (Å²) in [6.07, 6.45) is 0. The van der Waals surface area contributed by atoms with Crippen molar-refractivity contribution in [2.75, 3.05) is 20.3 Å². The number of carbonyl (C=O) groups is 1. The third-order valence-electron chi connectivity index (χ3n) is 4.73. The van der Waals surface area contributed by atoms with Crippen molar-refractivity contribution >= 4 is 38.4 Å². The lowest BCUT2D eigenvalue weighted by atomic mass is 9.80. The maximum absolute atomic E-state index is 11.4. The Kier molecular flexibility index (Phi) is 7.53. The predicted molar refractivity (Wildman–Crippen MR) is 117 cm³/mol. The number of thioether (sulfide) groups is 1. The number of nitrogens with one attached hydrogen (secondary N) is 1. The molecule has 1 N–H and O–H groups in total. The zero-order valence-electron chi connectivity index (χ0n) is 17.7. The van der Waals surface area contributed by atoms with Crippen LogP contribution in [-0.2, 0) is 14.0 Å². The molecule has 1 aromatic rings. The monoisotopic (exact) mass is 441 g/mol. The van der Waals surface area contributed by atoms with Gasteiger partial charge in [0, 0.05) is 29.3 Å². The van der Waals surface area contributed by atoms with Gasteiger partial charge in [0.1, 0.15) is 17.3 Å². The summed E-state index contributed by atoms with van der Waals surface area (Å²) >= 11 is 7.78. The second kappa shape index (κ2) is 9.11. The molecule has 1 aliphatic rings. The molecule has 155 valence electrons. The first kappa shape index (κ1) is 23.1. The Labute approximate surface area is 179 Å². The van der Waals surface area contributed by atoms with E-state index in [4.69, 9.17) is 20.8 Å². The Morgan fingerprint density at radius 1 is 1.36 bits per heavy atom. The van der Waals surface area contributed by atoms with Gasteiger partial charge in [-0.3, -0.25) is 4.79 Å². The topological polar surface area (TPSA) is 50.8 Å². The van der Waals surface area contributed by atoms with E-state index in [1.807, 2.05) is 24.3 Å². The summed E-state index contributed by atoms with van der Waals surface area (Å²) in [6.45, 7) is 13.0. The number of carbonyl (C=O) groups excluding carboxylic acids is 1. The van der Waals surface area contributed by atoms with Gasteiger partial charge < -0.3 is 19.4 Å². The van der Waals surface area contributed by atoms with Crippen LogP contribution in [0.2, 0.25) is 18.1 Å². The third kappa shape index (κ3) is 5.26. The number of halogens is 1. The first-order chi connectivity index (χ1) is 13.0. The van der Waals surface area contributed by atoms with Crippen LogP contribution in [0.15, 0.2) is 39.9 Å². The lowest BCUT2D eigenvalue weighted by molar-refractivity contribution is -0.140. The van der Waals surface area contributed by atoms with Gasteiger partial charge in [-0.1, -0.05) is 50.2 Å². The summed E-state index contributed by atoms with van der Waals surface area (Å²) in [6, 6.07) is 7.74. The molecule has 1 heterocycles. The Balaban J connectivity index is 2.42. The highest BCUT2D eigenvalue weighted by Crippen LogP contribution is 2.46. The Hall–Kier alpha value is -1.15. The van der Waals surface area contributed by atoms with E-state index < -0.39 is 14.7 Å². The van der Waals surface area contributed by atoms with Crippen LogP contribution >= 0.6 is 23.4 Å². The maximum atomic E-state index is 11.4. The van der Waals surface area contributed by atoms with Crippen molar-refractivity contribution < 1.29 is 14.0 Å². The molecule has 1 atom stereocenters. The maximum Gasteiger partial charge on any atom is 0.303 e. The lowest BCUT2D eigenvalue weighted by Gasteiger charge is -2.48. The van der Waals surface area contributed by atoms with E-state index in [-0.39, 0.29) is 18.0 Å². The van der Waals surface area contributed by atoms with Gasteiger partial charge in [0.15, 0.2) is 0 Å². The minimum Gasteiger partial charge on any atom is -0.459 e. The standard InChI is InChI=1S/C20H30ClN2O3SSi/c1-14(24)25-12-17-18(27-16-10-8-9-15(21)11-16)23(5)20(22-17,19(2,3)4)13-26-28(6)7/h8-11,22H,12-13H2,1-7H3. The van der Waals surface area contributed by atoms with Gasteiger partial charge >= 0.3 is 5.97 Å². The highest BCUT2D eigenvalue weighted by atomic mass is 35.5. The first-order valence-electron chi connectivity index (χ1n) is 9.21. The van der Waals surface area contributed by atoms with Crippen molar-refractivity contribution in [3.05, 3.63) is 40.0 Å². The number of hydrogen-bond donors (Lipinski definition) is 1. The number of benzene rings is 1. The van der Waals surface area contributed by atoms with Gasteiger partial charge in [0.25, 0.3) is 0 Å². The smallest absolute Gasteiger partial charge is 0.303 e. The summed E-state index contributed by atoms with van der Waals surface area (Å²) in [5.74, 6) is -0.304. The molecule has 5 nitrogen and oxygen atoms in total. The molecule has 0 aliphatic carbocycles. The fourth-order valence-electron chi connectivity index (χ4n) is 3.10. The highest BCUT2D eigenvalue weighted by molar-refractivity contribution is 8.03. The Morgan fingerprint density at radius 2 is 2.04 bits per heavy atom. The van der Waals surface area contributed by atoms with E-state index in [0.717, 1.165) is 15.6 Å². The van der Waals surface area contributed by atoms with E-state index in [1.165, 1.54) is 6.92 Å². The number of hydrogen-bond acceptors (Lipinski definition) is 6. The largest absolute Gasteiger partial charge is 0.459 e. The van der Waals surface area contributed by atoms with Crippen LogP contribution in [0, 0.1) is 5.41 Å². The molecular weight excluding hydrogens is 412 g/mol. The molecule has 0 amide bonds. The fourth-order valence-corrected chi connectivity index (χ4v) is 4.93. The van der Waals surface area contributed by atoms with Gasteiger partial charge in [-0.2, -0.15) is 0 Å². The molecule has 1 unspecified atom stereocenters. The van der Waals surface area contributed by atoms with Crippen LogP contribution in [0.1, 0.15) is 27.7 Å². The van der Waals surface area contributed by atoms with Crippen molar-refractivity contribution in [3.8, 4) is 0 Å². The first-order valence-corrected chi connectivity index (χ1v) is 12.8. The molecular formula is C20H30ClN2O3SSi. The number of esters is 1. The molecule has 2 rings (SSSR count). The summed E-state index contributed by atoms with van der Waals surface area (Å²) in [4.78, 5) is 14.7. The molecule has 8 heteroatoms. The van der Waals surface area contributed by atoms with E-state index in [1.54, 1.807) is 11.8 Å². The number of nitrogens with zero attached hydrogens (tertiary/aromatic N) is 1. The molecule has 0 bridgehead atoms. The average Bonchev–Trinajstić information content (AvgIpc) is 2.84. The van der Waals surface area contributed by atoms with Crippen molar-refractivity contribution in [2.24, 2.45) is 5.41 Å². The molecule has 28 heavy (non-hydrogen) atoms. The summed E-state index contributed by atoms with van der Waals surface area (Å²) < 4.78 is 11.5. The van der Waals surface area contributed by atoms with Crippen molar-refractivity contribution in [2.45, 2.75) is 51.3 Å². The molecule has 0 saturated heterocycles. The zero-order valence-corrected chi connectivity index (χ0v) is 20.3. The predicted octanol–water partition coefficient (Wildman–Crippen LogP) is 4.71. The number of likely N-dealkylation sites (N-methyl/N-ethyl adjacent to an activating group) is 1. The molecule has 1 radical (unpaired) electrons. The van der Waals surface area contributed by atoms with Crippen LogP contribution in [0.4, 0.5) is 0 Å². The highest BCUT2D eigenvalue weighted by Gasteiger charge is 2.51. The summed E-state index contributed by atoms with van der Waals surface area (Å²) in [5.41, 5.74) is 0.282. The molecule has 1 aromatic carbocycles. The van der Waals surface area contributed by atoms with Gasteiger partial charge in [0.05, 0.1) is 12.3 Å². The van der Waals surface area contributed by atoms with Gasteiger partial charge in [-0.25, -0.2) is 0 Å². The van der Waals surface area contributed by atoms with E-state index in [9.17, 15) is 4.79 Å². The minimum atomic E-state index is -0.861. The van der Waals surface area contributed by atoms with Crippen molar-refractivity contribution in [1.29, 1.82) is 0 Å². The average molecular weight is 442 g/mol. The van der Waals surface area contributed by atoms with Gasteiger partial charge in [-0.15, -0.1) is 0 Å². The fraction of sp³-hybridized carbons (Fsp3) is 0.550. The summed E-state index contributed by atoms with van der Waals surface area (Å²) in [7, 11) is 1.20. The van der Waals surface area contributed by atoms with E-state index in [0.29, 0.717) is 11.6 Å². The van der Waals surface area contributed by atoms with Crippen LogP contribution < -0.4 is 5.32 Å². The molecule has 0 aromatic heterocycles. The SMILES string of the molecule is CC(=O)OCC1=C(Sc2cccc(Cl)c2)N(C)C(CO[Si](C)C)(C(C)(C)C)N1. The van der Waals surface area contributed by atoms with E-state index in [2.05, 4.69) is 51.1 Å². The molecule has 0 fully saturated rings. The normalized spacial score (nSPS) is 20.0. The van der Waals surface area contributed by atoms with Crippen LogP contribution in [0.3, 0.4) is 0 Å². The Morgan fingerprint density at radius 3 is 2.57 bits per heavy atom. The minimum absolute atomic E-state index is 0.142. The van der Waals surface area contributed by atoms with Crippen LogP contribution in [0.25, 0.3) is 0 Å². The molecule has 1 aliphatic heterocycles. The molecule has 0 saturated carbocycles. The summed E-state index contributed by atoms with van der Waals surface area (Å²) in [5, 5.41) is 5.35. The van der Waals surface area contributed by atoms with Crippen molar-refractivity contribution in [3.63, 3.8) is 0 Å².